The molecule has 1 aliphatic rings. The Balaban J connectivity index is 1.96. The van der Waals surface area contributed by atoms with Crippen LogP contribution in [0.5, 0.6) is 0 Å². The first-order chi connectivity index (χ1) is 9.90. The van der Waals surface area contributed by atoms with Gasteiger partial charge in [0.05, 0.1) is 6.07 Å². The molecule has 1 fully saturated rings. The molecular weight excluding hydrogens is 324 g/mol. The summed E-state index contributed by atoms with van der Waals surface area (Å²) in [4.78, 5) is 0. The summed E-state index contributed by atoms with van der Waals surface area (Å²) in [6.07, 6.45) is 4.79. The van der Waals surface area contributed by atoms with E-state index < -0.39 is 0 Å². The highest BCUT2D eigenvalue weighted by molar-refractivity contribution is 9.10. The van der Waals surface area contributed by atoms with Crippen LogP contribution in [0.15, 0.2) is 28.7 Å². The van der Waals surface area contributed by atoms with Crippen molar-refractivity contribution in [3.05, 3.63) is 28.7 Å². The molecule has 1 atom stereocenters. The van der Waals surface area contributed by atoms with Crippen molar-refractivity contribution in [1.82, 2.24) is 0 Å². The van der Waals surface area contributed by atoms with Gasteiger partial charge in [-0.1, -0.05) is 42.8 Å². The fraction of sp³-hybridized carbons (Fsp3) is 0.611. The molecule has 114 valence electrons. The maximum Gasteiger partial charge on any atom is 0.117 e. The number of nitriles is 1. The highest BCUT2D eigenvalue weighted by Gasteiger charge is 2.32. The average Bonchev–Trinajstić information content (AvgIpc) is 2.44. The largest absolute Gasteiger partial charge is 0.370 e. The van der Waals surface area contributed by atoms with Gasteiger partial charge in [-0.15, -0.1) is 0 Å². The quantitative estimate of drug-likeness (QED) is 0.770. The zero-order valence-corrected chi connectivity index (χ0v) is 14.8. The number of nitrogens with zero attached hydrogens (tertiary/aromatic N) is 1. The number of halogens is 1. The van der Waals surface area contributed by atoms with Gasteiger partial charge in [-0.25, -0.2) is 0 Å². The Morgan fingerprint density at radius 3 is 2.43 bits per heavy atom. The second-order valence-corrected chi connectivity index (χ2v) is 8.15. The van der Waals surface area contributed by atoms with E-state index in [1.165, 1.54) is 12.8 Å². The van der Waals surface area contributed by atoms with Crippen LogP contribution in [0.25, 0.3) is 0 Å². The third-order valence-electron chi connectivity index (χ3n) is 4.75. The van der Waals surface area contributed by atoms with Crippen molar-refractivity contribution in [2.24, 2.45) is 17.3 Å². The van der Waals surface area contributed by atoms with Gasteiger partial charge in [0.25, 0.3) is 0 Å². The number of hydrogen-bond acceptors (Lipinski definition) is 2. The predicted molar refractivity (Wildman–Crippen MR) is 92.1 cm³/mol. The van der Waals surface area contributed by atoms with Crippen LogP contribution >= 0.6 is 15.9 Å². The first kappa shape index (κ1) is 16.4. The predicted octanol–water partition coefficient (Wildman–Crippen LogP) is 5.61. The van der Waals surface area contributed by atoms with Crippen molar-refractivity contribution in [2.45, 2.75) is 52.5 Å². The summed E-state index contributed by atoms with van der Waals surface area (Å²) in [7, 11) is 0. The molecule has 1 aromatic carbocycles. The second-order valence-electron chi connectivity index (χ2n) is 7.24. The van der Waals surface area contributed by atoms with Crippen molar-refractivity contribution in [2.75, 3.05) is 5.32 Å². The lowest BCUT2D eigenvalue weighted by Crippen LogP contribution is -2.34. The fourth-order valence-electron chi connectivity index (χ4n) is 3.33. The molecule has 0 spiro atoms. The molecule has 0 saturated heterocycles. The highest BCUT2D eigenvalue weighted by atomic mass is 79.9. The van der Waals surface area contributed by atoms with E-state index in [2.05, 4.69) is 48.1 Å². The zero-order valence-electron chi connectivity index (χ0n) is 13.2. The number of nitrogens with one attached hydrogen (secondary N) is 1. The van der Waals surface area contributed by atoms with Gasteiger partial charge >= 0.3 is 0 Å². The molecule has 0 radical (unpaired) electrons. The van der Waals surface area contributed by atoms with Crippen LogP contribution < -0.4 is 5.32 Å². The van der Waals surface area contributed by atoms with Gasteiger partial charge in [0.2, 0.25) is 0 Å². The second kappa shape index (κ2) is 6.83. The number of hydrogen-bond donors (Lipinski definition) is 1. The lowest BCUT2D eigenvalue weighted by atomic mass is 9.68. The van der Waals surface area contributed by atoms with E-state index in [1.807, 2.05) is 24.3 Å². The van der Waals surface area contributed by atoms with Crippen molar-refractivity contribution >= 4 is 21.6 Å². The summed E-state index contributed by atoms with van der Waals surface area (Å²) in [6.45, 7) is 7.00. The molecule has 1 aromatic rings. The lowest BCUT2D eigenvalue weighted by molar-refractivity contribution is 0.148. The van der Waals surface area contributed by atoms with Crippen molar-refractivity contribution in [1.29, 1.82) is 5.26 Å². The summed E-state index contributed by atoms with van der Waals surface area (Å²) in [5, 5.41) is 12.9. The topological polar surface area (TPSA) is 35.8 Å². The van der Waals surface area contributed by atoms with E-state index in [4.69, 9.17) is 0 Å². The van der Waals surface area contributed by atoms with Gasteiger partial charge in [0.1, 0.15) is 6.04 Å². The van der Waals surface area contributed by atoms with E-state index in [-0.39, 0.29) is 6.04 Å². The van der Waals surface area contributed by atoms with Gasteiger partial charge in [-0.3, -0.25) is 0 Å². The van der Waals surface area contributed by atoms with Crippen LogP contribution in [-0.4, -0.2) is 6.04 Å². The van der Waals surface area contributed by atoms with Gasteiger partial charge < -0.3 is 5.32 Å². The van der Waals surface area contributed by atoms with Crippen LogP contribution in [0, 0.1) is 28.6 Å². The van der Waals surface area contributed by atoms with Crippen LogP contribution in [0.1, 0.15) is 46.5 Å². The Hall–Kier alpha value is -1.01. The molecule has 2 nitrogen and oxygen atoms in total. The molecule has 1 aliphatic carbocycles. The Kier molecular flexibility index (Phi) is 5.32. The van der Waals surface area contributed by atoms with Gasteiger partial charge in [0.15, 0.2) is 0 Å². The summed E-state index contributed by atoms with van der Waals surface area (Å²) < 4.78 is 1.04. The number of rotatable bonds is 3. The molecule has 1 saturated carbocycles. The van der Waals surface area contributed by atoms with Crippen LogP contribution in [0.3, 0.4) is 0 Å². The SMILES string of the molecule is CC(C)(C)C1CCC(C(C#N)Nc2cccc(Br)c2)CC1. The van der Waals surface area contributed by atoms with Gasteiger partial charge in [-0.05, 0) is 61.1 Å². The smallest absolute Gasteiger partial charge is 0.117 e. The zero-order chi connectivity index (χ0) is 15.5. The monoisotopic (exact) mass is 348 g/mol. The third kappa shape index (κ3) is 4.48. The Morgan fingerprint density at radius 2 is 1.90 bits per heavy atom. The molecule has 0 aromatic heterocycles. The van der Waals surface area contributed by atoms with Crippen LogP contribution in [-0.2, 0) is 0 Å². The molecule has 0 aliphatic heterocycles. The van der Waals surface area contributed by atoms with Crippen LogP contribution in [0.4, 0.5) is 5.69 Å². The van der Waals surface area contributed by atoms with E-state index in [1.54, 1.807) is 0 Å². The van der Waals surface area contributed by atoms with Crippen molar-refractivity contribution < 1.29 is 0 Å². The Labute approximate surface area is 137 Å². The summed E-state index contributed by atoms with van der Waals surface area (Å²) in [6, 6.07) is 10.4. The first-order valence-corrected chi connectivity index (χ1v) is 8.61. The van der Waals surface area contributed by atoms with E-state index >= 15 is 0 Å². The molecule has 0 heterocycles. The van der Waals surface area contributed by atoms with Crippen molar-refractivity contribution in [3.63, 3.8) is 0 Å². The van der Waals surface area contributed by atoms with Gasteiger partial charge in [0, 0.05) is 10.2 Å². The minimum absolute atomic E-state index is 0.0831. The molecule has 0 amide bonds. The Bertz CT molecular complexity index is 505. The molecule has 2 rings (SSSR count). The lowest BCUT2D eigenvalue weighted by Gasteiger charge is -2.38. The van der Waals surface area contributed by atoms with E-state index in [9.17, 15) is 5.26 Å². The van der Waals surface area contributed by atoms with E-state index in [0.29, 0.717) is 11.3 Å². The third-order valence-corrected chi connectivity index (χ3v) is 5.25. The molecule has 1 unspecified atom stereocenters. The van der Waals surface area contributed by atoms with Crippen LogP contribution in [0.2, 0.25) is 0 Å². The summed E-state index contributed by atoms with van der Waals surface area (Å²) in [5.41, 5.74) is 1.42. The average molecular weight is 349 g/mol. The molecule has 0 bridgehead atoms. The minimum atomic E-state index is -0.0831. The minimum Gasteiger partial charge on any atom is -0.370 e. The van der Waals surface area contributed by atoms with Crippen molar-refractivity contribution in [3.8, 4) is 6.07 Å². The molecule has 1 N–H and O–H groups in total. The first-order valence-electron chi connectivity index (χ1n) is 7.82. The Morgan fingerprint density at radius 1 is 1.24 bits per heavy atom. The number of anilines is 1. The number of benzene rings is 1. The molecule has 21 heavy (non-hydrogen) atoms. The molecule has 3 heteroatoms. The molecular formula is C18H25BrN2. The van der Waals surface area contributed by atoms with Gasteiger partial charge in [-0.2, -0.15) is 5.26 Å². The fourth-order valence-corrected chi connectivity index (χ4v) is 3.73. The van der Waals surface area contributed by atoms with E-state index in [0.717, 1.165) is 28.9 Å². The normalized spacial score (nSPS) is 24.1. The summed E-state index contributed by atoms with van der Waals surface area (Å²) in [5.74, 6) is 1.26. The highest BCUT2D eigenvalue weighted by Crippen LogP contribution is 2.41. The maximum absolute atomic E-state index is 9.51. The summed E-state index contributed by atoms with van der Waals surface area (Å²) >= 11 is 3.48. The maximum atomic E-state index is 9.51. The standard InChI is InChI=1S/C18H25BrN2/c1-18(2,3)14-9-7-13(8-10-14)17(12-20)21-16-6-4-5-15(19)11-16/h4-6,11,13-14,17,21H,7-10H2,1-3H3.